The summed E-state index contributed by atoms with van der Waals surface area (Å²) in [5, 5.41) is 9.93. The summed E-state index contributed by atoms with van der Waals surface area (Å²) in [6.45, 7) is 2.14. The number of hydrogen-bond donors (Lipinski definition) is 1. The van der Waals surface area contributed by atoms with Crippen molar-refractivity contribution in [3.05, 3.63) is 58.7 Å². The molecular weight excluding hydrogens is 304 g/mol. The van der Waals surface area contributed by atoms with Crippen LogP contribution in [-0.4, -0.2) is 25.3 Å². The lowest BCUT2D eigenvalue weighted by Gasteiger charge is -2.08. The molecule has 0 atom stereocenters. The Morgan fingerprint density at radius 3 is 2.54 bits per heavy atom. The number of rotatable bonds is 6. The molecule has 4 heteroatoms. The molecule has 0 unspecified atom stereocenters. The van der Waals surface area contributed by atoms with E-state index in [0.29, 0.717) is 0 Å². The van der Waals surface area contributed by atoms with Gasteiger partial charge >= 0.3 is 5.97 Å². The van der Waals surface area contributed by atoms with Crippen LogP contribution in [-0.2, 0) is 11.2 Å². The van der Waals surface area contributed by atoms with Crippen molar-refractivity contribution in [1.82, 2.24) is 0 Å². The molecule has 1 N–H and O–H groups in total. The van der Waals surface area contributed by atoms with Crippen LogP contribution in [0.4, 0.5) is 0 Å². The number of aromatic hydroxyl groups is 1. The zero-order chi connectivity index (χ0) is 17.5. The lowest BCUT2D eigenvalue weighted by atomic mass is 10.0. The Hall–Kier alpha value is -2.75. The molecule has 0 saturated carbocycles. The highest BCUT2D eigenvalue weighted by Crippen LogP contribution is 2.25. The fraction of sp³-hybridized carbons (Fsp3) is 0.250. The highest BCUT2D eigenvalue weighted by molar-refractivity contribution is 5.92. The van der Waals surface area contributed by atoms with Crippen LogP contribution in [0.3, 0.4) is 0 Å². The Morgan fingerprint density at radius 2 is 1.92 bits per heavy atom. The van der Waals surface area contributed by atoms with Crippen LogP contribution in [0.25, 0.3) is 12.2 Å². The van der Waals surface area contributed by atoms with E-state index in [1.54, 1.807) is 19.2 Å². The summed E-state index contributed by atoms with van der Waals surface area (Å²) in [6.07, 6.45) is 5.88. The van der Waals surface area contributed by atoms with E-state index in [1.165, 1.54) is 18.7 Å². The third-order valence-corrected chi connectivity index (χ3v) is 3.72. The van der Waals surface area contributed by atoms with Gasteiger partial charge in [0.05, 0.1) is 14.2 Å². The number of aryl methyl sites for hydroxylation is 1. The van der Waals surface area contributed by atoms with Crippen molar-refractivity contribution in [1.29, 1.82) is 0 Å². The fourth-order valence-electron chi connectivity index (χ4n) is 2.46. The van der Waals surface area contributed by atoms with E-state index in [0.717, 1.165) is 29.7 Å². The van der Waals surface area contributed by atoms with Crippen LogP contribution in [0.5, 0.6) is 11.5 Å². The van der Waals surface area contributed by atoms with Gasteiger partial charge in [0.2, 0.25) is 0 Å². The van der Waals surface area contributed by atoms with Crippen molar-refractivity contribution in [3.63, 3.8) is 0 Å². The van der Waals surface area contributed by atoms with Crippen LogP contribution in [0, 0.1) is 0 Å². The van der Waals surface area contributed by atoms with Gasteiger partial charge in [0.15, 0.2) is 0 Å². The van der Waals surface area contributed by atoms with Crippen molar-refractivity contribution in [2.24, 2.45) is 0 Å². The van der Waals surface area contributed by atoms with Crippen LogP contribution in [0.2, 0.25) is 0 Å². The van der Waals surface area contributed by atoms with Crippen LogP contribution in [0.15, 0.2) is 36.4 Å². The molecule has 24 heavy (non-hydrogen) atoms. The maximum absolute atomic E-state index is 11.5. The molecule has 4 nitrogen and oxygen atoms in total. The lowest BCUT2D eigenvalue weighted by Crippen LogP contribution is -2.01. The minimum Gasteiger partial charge on any atom is -0.507 e. The number of carbonyl (C=O) groups is 1. The maximum atomic E-state index is 11.5. The molecule has 126 valence electrons. The molecule has 0 aliphatic rings. The largest absolute Gasteiger partial charge is 0.507 e. The zero-order valence-electron chi connectivity index (χ0n) is 14.2. The van der Waals surface area contributed by atoms with E-state index in [-0.39, 0.29) is 11.3 Å². The van der Waals surface area contributed by atoms with Gasteiger partial charge in [0.25, 0.3) is 0 Å². The summed E-state index contributed by atoms with van der Waals surface area (Å²) in [6, 6.07) is 11.0. The maximum Gasteiger partial charge on any atom is 0.341 e. The molecule has 0 amide bonds. The number of methoxy groups -OCH3 is 2. The van der Waals surface area contributed by atoms with Crippen LogP contribution >= 0.6 is 0 Å². The summed E-state index contributed by atoms with van der Waals surface area (Å²) >= 11 is 0. The van der Waals surface area contributed by atoms with Crippen LogP contribution in [0.1, 0.15) is 40.4 Å². The average molecular weight is 326 g/mol. The number of phenolic OH excluding ortho intramolecular Hbond substituents is 1. The third-order valence-electron chi connectivity index (χ3n) is 3.72. The van der Waals surface area contributed by atoms with Gasteiger partial charge in [-0.25, -0.2) is 4.79 Å². The SMILES string of the molecule is CCCc1ccc(C=Cc2ccc(C(=O)OC)c(O)c2)c(OC)c1. The number of carbonyl (C=O) groups excluding carboxylic acids is 1. The van der Waals surface area contributed by atoms with Crippen LogP contribution < -0.4 is 4.74 Å². The fourth-order valence-corrected chi connectivity index (χ4v) is 2.46. The van der Waals surface area contributed by atoms with E-state index in [1.807, 2.05) is 24.3 Å². The summed E-state index contributed by atoms with van der Waals surface area (Å²) in [4.78, 5) is 11.5. The van der Waals surface area contributed by atoms with E-state index in [2.05, 4.69) is 17.7 Å². The first-order valence-electron chi connectivity index (χ1n) is 7.85. The first kappa shape index (κ1) is 17.6. The molecule has 0 saturated heterocycles. The molecule has 2 aromatic rings. The Bertz CT molecular complexity index is 747. The van der Waals surface area contributed by atoms with Crippen molar-refractivity contribution >= 4 is 18.1 Å². The van der Waals surface area contributed by atoms with Crippen molar-refractivity contribution in [2.45, 2.75) is 19.8 Å². The standard InChI is InChI=1S/C20H22O4/c1-4-5-14-6-9-16(19(13-14)23-2)10-7-15-8-11-17(18(21)12-15)20(22)24-3/h6-13,21H,4-5H2,1-3H3. The quantitative estimate of drug-likeness (QED) is 0.635. The first-order valence-corrected chi connectivity index (χ1v) is 7.85. The predicted octanol–water partition coefficient (Wildman–Crippen LogP) is 4.31. The van der Waals surface area contributed by atoms with Crippen molar-refractivity contribution in [2.75, 3.05) is 14.2 Å². The lowest BCUT2D eigenvalue weighted by molar-refractivity contribution is 0.0597. The Balaban J connectivity index is 2.24. The Kier molecular flexibility index (Phi) is 6.01. The van der Waals surface area contributed by atoms with Gasteiger partial charge in [0, 0.05) is 5.56 Å². The van der Waals surface area contributed by atoms with Crippen molar-refractivity contribution < 1.29 is 19.4 Å². The molecule has 0 bridgehead atoms. The minimum absolute atomic E-state index is 0.103. The normalized spacial score (nSPS) is 10.8. The summed E-state index contributed by atoms with van der Waals surface area (Å²) in [5.74, 6) is 0.151. The first-order chi connectivity index (χ1) is 11.6. The smallest absolute Gasteiger partial charge is 0.341 e. The molecule has 0 spiro atoms. The zero-order valence-corrected chi connectivity index (χ0v) is 14.2. The highest BCUT2D eigenvalue weighted by Gasteiger charge is 2.10. The van der Waals surface area contributed by atoms with E-state index in [9.17, 15) is 9.90 Å². The Labute approximate surface area is 142 Å². The number of phenols is 1. The summed E-state index contributed by atoms with van der Waals surface area (Å²) in [5.41, 5.74) is 3.12. The summed E-state index contributed by atoms with van der Waals surface area (Å²) < 4.78 is 10.1. The molecule has 2 rings (SSSR count). The number of ether oxygens (including phenoxy) is 2. The predicted molar refractivity (Wildman–Crippen MR) is 95.4 cm³/mol. The van der Waals surface area contributed by atoms with Gasteiger partial charge in [-0.15, -0.1) is 0 Å². The average Bonchev–Trinajstić information content (AvgIpc) is 2.60. The molecule has 0 aromatic heterocycles. The van der Waals surface area contributed by atoms with E-state index >= 15 is 0 Å². The molecule has 0 heterocycles. The molecule has 0 aliphatic heterocycles. The second-order valence-electron chi connectivity index (χ2n) is 5.43. The number of benzene rings is 2. The molecule has 2 aromatic carbocycles. The van der Waals surface area contributed by atoms with Gasteiger partial charge in [-0.3, -0.25) is 0 Å². The van der Waals surface area contributed by atoms with Gasteiger partial charge in [-0.2, -0.15) is 0 Å². The van der Waals surface area contributed by atoms with E-state index in [4.69, 9.17) is 4.74 Å². The second kappa shape index (κ2) is 8.20. The number of hydrogen-bond acceptors (Lipinski definition) is 4. The topological polar surface area (TPSA) is 55.8 Å². The van der Waals surface area contributed by atoms with Gasteiger partial charge in [-0.1, -0.05) is 43.7 Å². The molecule has 0 aliphatic carbocycles. The van der Waals surface area contributed by atoms with Gasteiger partial charge in [0.1, 0.15) is 17.1 Å². The minimum atomic E-state index is -0.559. The monoisotopic (exact) mass is 326 g/mol. The van der Waals surface area contributed by atoms with Crippen molar-refractivity contribution in [3.8, 4) is 11.5 Å². The molecular formula is C20H22O4. The van der Waals surface area contributed by atoms with Gasteiger partial charge < -0.3 is 14.6 Å². The summed E-state index contributed by atoms with van der Waals surface area (Å²) in [7, 11) is 2.93. The second-order valence-corrected chi connectivity index (χ2v) is 5.43. The highest BCUT2D eigenvalue weighted by atomic mass is 16.5. The van der Waals surface area contributed by atoms with Gasteiger partial charge in [-0.05, 0) is 35.7 Å². The third kappa shape index (κ3) is 4.16. The van der Waals surface area contributed by atoms with E-state index < -0.39 is 5.97 Å². The Morgan fingerprint density at radius 1 is 1.12 bits per heavy atom. The number of esters is 1. The molecule has 0 radical (unpaired) electrons. The molecule has 0 fully saturated rings.